The highest BCUT2D eigenvalue weighted by molar-refractivity contribution is 5.78. The Balaban J connectivity index is 1.79. The second-order valence-corrected chi connectivity index (χ2v) is 6.12. The van der Waals surface area contributed by atoms with Gasteiger partial charge in [-0.1, -0.05) is 6.07 Å². The van der Waals surface area contributed by atoms with E-state index in [0.29, 0.717) is 45.9 Å². The van der Waals surface area contributed by atoms with Crippen molar-refractivity contribution in [2.75, 3.05) is 39.3 Å². The molecule has 1 saturated heterocycles. The molecule has 0 radical (unpaired) electrons. The maximum atomic E-state index is 12.4. The van der Waals surface area contributed by atoms with Gasteiger partial charge in [0.05, 0.1) is 6.61 Å². The molecule has 1 aliphatic heterocycles. The van der Waals surface area contributed by atoms with Crippen molar-refractivity contribution in [3.8, 4) is 0 Å². The van der Waals surface area contributed by atoms with E-state index in [1.54, 1.807) is 34.0 Å². The number of carbonyl (C=O) groups is 3. The Morgan fingerprint density at radius 3 is 2.46 bits per heavy atom. The number of pyridine rings is 1. The van der Waals surface area contributed by atoms with Crippen molar-refractivity contribution in [3.63, 3.8) is 0 Å². The second kappa shape index (κ2) is 9.74. The monoisotopic (exact) mass is 362 g/mol. The summed E-state index contributed by atoms with van der Waals surface area (Å²) in [7, 11) is 0. The molecule has 1 aliphatic rings. The number of carbonyl (C=O) groups excluding carboxylic acids is 3. The molecule has 0 aliphatic carbocycles. The van der Waals surface area contributed by atoms with Crippen LogP contribution in [0.5, 0.6) is 0 Å². The molecule has 0 N–H and O–H groups in total. The number of amides is 3. The molecule has 1 aromatic rings. The lowest BCUT2D eigenvalue weighted by atomic mass is 10.2. The summed E-state index contributed by atoms with van der Waals surface area (Å²) >= 11 is 0. The molecular weight excluding hydrogens is 336 g/mol. The lowest BCUT2D eigenvalue weighted by Crippen LogP contribution is -2.51. The van der Waals surface area contributed by atoms with E-state index in [0.717, 1.165) is 5.56 Å². The van der Waals surface area contributed by atoms with Gasteiger partial charge in [-0.2, -0.15) is 0 Å². The molecule has 8 heteroatoms. The molecule has 0 saturated carbocycles. The van der Waals surface area contributed by atoms with Gasteiger partial charge in [0.15, 0.2) is 0 Å². The summed E-state index contributed by atoms with van der Waals surface area (Å²) in [4.78, 5) is 45.0. The Morgan fingerprint density at radius 2 is 1.88 bits per heavy atom. The van der Waals surface area contributed by atoms with Crippen molar-refractivity contribution in [1.82, 2.24) is 19.7 Å². The van der Waals surface area contributed by atoms with Crippen molar-refractivity contribution in [2.45, 2.75) is 26.8 Å². The summed E-state index contributed by atoms with van der Waals surface area (Å²) in [5, 5.41) is 0. The largest absolute Gasteiger partial charge is 0.450 e. The first-order chi connectivity index (χ1) is 12.5. The molecule has 0 atom stereocenters. The van der Waals surface area contributed by atoms with Gasteiger partial charge in [-0.05, 0) is 18.6 Å². The van der Waals surface area contributed by atoms with Crippen molar-refractivity contribution in [1.29, 1.82) is 0 Å². The Kier molecular flexibility index (Phi) is 7.37. The van der Waals surface area contributed by atoms with Gasteiger partial charge in [0.1, 0.15) is 0 Å². The number of nitrogens with zero attached hydrogens (tertiary/aromatic N) is 4. The Morgan fingerprint density at radius 1 is 1.19 bits per heavy atom. The van der Waals surface area contributed by atoms with Gasteiger partial charge in [0.2, 0.25) is 11.8 Å². The van der Waals surface area contributed by atoms with E-state index >= 15 is 0 Å². The van der Waals surface area contributed by atoms with Gasteiger partial charge >= 0.3 is 6.09 Å². The average molecular weight is 362 g/mol. The Labute approximate surface area is 153 Å². The summed E-state index contributed by atoms with van der Waals surface area (Å²) in [5.41, 5.74) is 0.929. The molecule has 1 fully saturated rings. The van der Waals surface area contributed by atoms with E-state index in [4.69, 9.17) is 4.74 Å². The number of hydrogen-bond acceptors (Lipinski definition) is 5. The zero-order valence-corrected chi connectivity index (χ0v) is 15.4. The zero-order chi connectivity index (χ0) is 18.9. The average Bonchev–Trinajstić information content (AvgIpc) is 2.65. The maximum absolute atomic E-state index is 12.4. The van der Waals surface area contributed by atoms with Gasteiger partial charge in [0, 0.05) is 65.0 Å². The van der Waals surface area contributed by atoms with Crippen LogP contribution in [-0.4, -0.2) is 76.9 Å². The highest BCUT2D eigenvalue weighted by atomic mass is 16.6. The first-order valence-electron chi connectivity index (χ1n) is 8.85. The van der Waals surface area contributed by atoms with Crippen LogP contribution in [0.15, 0.2) is 24.5 Å². The normalized spacial score (nSPS) is 14.1. The van der Waals surface area contributed by atoms with E-state index < -0.39 is 0 Å². The predicted octanol–water partition coefficient (Wildman–Crippen LogP) is 1.12. The quantitative estimate of drug-likeness (QED) is 0.757. The van der Waals surface area contributed by atoms with Gasteiger partial charge in [-0.3, -0.25) is 14.6 Å². The van der Waals surface area contributed by atoms with Gasteiger partial charge in [-0.15, -0.1) is 0 Å². The SMILES string of the molecule is CCOC(=O)N1CCN(C(=O)CCN(Cc2cccnc2)C(C)=O)CC1. The molecule has 0 aromatic carbocycles. The van der Waals surface area contributed by atoms with Crippen LogP contribution in [0, 0.1) is 0 Å². The summed E-state index contributed by atoms with van der Waals surface area (Å²) in [6.45, 7) is 6.32. The second-order valence-electron chi connectivity index (χ2n) is 6.12. The fourth-order valence-electron chi connectivity index (χ4n) is 2.80. The molecule has 3 amide bonds. The number of aromatic nitrogens is 1. The molecule has 142 valence electrons. The third-order valence-electron chi connectivity index (χ3n) is 4.30. The van der Waals surface area contributed by atoms with Crippen molar-refractivity contribution >= 4 is 17.9 Å². The lowest BCUT2D eigenvalue weighted by molar-refractivity contribution is -0.135. The Bertz CT molecular complexity index is 615. The third kappa shape index (κ3) is 5.72. The maximum Gasteiger partial charge on any atom is 0.409 e. The predicted molar refractivity (Wildman–Crippen MR) is 95.1 cm³/mol. The zero-order valence-electron chi connectivity index (χ0n) is 15.4. The van der Waals surface area contributed by atoms with Crippen LogP contribution in [-0.2, 0) is 20.9 Å². The first-order valence-corrected chi connectivity index (χ1v) is 8.85. The lowest BCUT2D eigenvalue weighted by Gasteiger charge is -2.34. The minimum absolute atomic E-state index is 0.00838. The van der Waals surface area contributed by atoms with Crippen molar-refractivity contribution in [2.24, 2.45) is 0 Å². The van der Waals surface area contributed by atoms with Crippen molar-refractivity contribution < 1.29 is 19.1 Å². The van der Waals surface area contributed by atoms with E-state index in [2.05, 4.69) is 4.98 Å². The minimum atomic E-state index is -0.334. The molecule has 1 aromatic heterocycles. The minimum Gasteiger partial charge on any atom is -0.450 e. The Hall–Kier alpha value is -2.64. The highest BCUT2D eigenvalue weighted by Gasteiger charge is 2.25. The van der Waals surface area contributed by atoms with E-state index in [9.17, 15) is 14.4 Å². The van der Waals surface area contributed by atoms with E-state index in [1.165, 1.54) is 6.92 Å². The fraction of sp³-hybridized carbons (Fsp3) is 0.556. The molecule has 26 heavy (non-hydrogen) atoms. The standard InChI is InChI=1S/C18H26N4O4/c1-3-26-18(25)21-11-9-20(10-12-21)17(24)6-8-22(15(2)23)14-16-5-4-7-19-13-16/h4-5,7,13H,3,6,8-12,14H2,1-2H3. The number of ether oxygens (including phenoxy) is 1. The molecule has 0 spiro atoms. The summed E-state index contributed by atoms with van der Waals surface area (Å²) in [6.07, 6.45) is 3.32. The molecule has 8 nitrogen and oxygen atoms in total. The molecule has 0 unspecified atom stereocenters. The van der Waals surface area contributed by atoms with Crippen LogP contribution in [0.4, 0.5) is 4.79 Å². The first kappa shape index (κ1) is 19.7. The summed E-state index contributed by atoms with van der Waals surface area (Å²) in [6, 6.07) is 3.72. The van der Waals surface area contributed by atoms with Crippen LogP contribution in [0.25, 0.3) is 0 Å². The van der Waals surface area contributed by atoms with Crippen LogP contribution in [0.2, 0.25) is 0 Å². The van der Waals surface area contributed by atoms with Crippen molar-refractivity contribution in [3.05, 3.63) is 30.1 Å². The third-order valence-corrected chi connectivity index (χ3v) is 4.30. The highest BCUT2D eigenvalue weighted by Crippen LogP contribution is 2.08. The van der Waals surface area contributed by atoms with Gasteiger partial charge in [-0.25, -0.2) is 4.79 Å². The number of hydrogen-bond donors (Lipinski definition) is 0. The summed E-state index contributed by atoms with van der Waals surface area (Å²) < 4.78 is 4.97. The van der Waals surface area contributed by atoms with Crippen LogP contribution in [0.3, 0.4) is 0 Å². The summed E-state index contributed by atoms with van der Waals surface area (Å²) in [5.74, 6) is -0.0836. The van der Waals surface area contributed by atoms with Gasteiger partial charge < -0.3 is 19.4 Å². The molecule has 2 rings (SSSR count). The van der Waals surface area contributed by atoms with Crippen LogP contribution in [0.1, 0.15) is 25.8 Å². The molecular formula is C18H26N4O4. The molecule has 2 heterocycles. The van der Waals surface area contributed by atoms with Crippen LogP contribution >= 0.6 is 0 Å². The van der Waals surface area contributed by atoms with E-state index in [-0.39, 0.29) is 24.3 Å². The molecule has 0 bridgehead atoms. The van der Waals surface area contributed by atoms with E-state index in [1.807, 2.05) is 12.1 Å². The fourth-order valence-corrected chi connectivity index (χ4v) is 2.80. The number of piperazine rings is 1. The topological polar surface area (TPSA) is 83.1 Å². The van der Waals surface area contributed by atoms with Gasteiger partial charge in [0.25, 0.3) is 0 Å². The number of rotatable bonds is 6. The van der Waals surface area contributed by atoms with Crippen LogP contribution < -0.4 is 0 Å². The smallest absolute Gasteiger partial charge is 0.409 e.